The summed E-state index contributed by atoms with van der Waals surface area (Å²) in [5.74, 6) is -0.436. The molecule has 2 aromatic rings. The number of halogens is 1. The van der Waals surface area contributed by atoms with E-state index in [0.717, 1.165) is 16.0 Å². The highest BCUT2D eigenvalue weighted by atomic mass is 32.2. The number of carbonyl (C=O) groups excluding carboxylic acids is 2. The fourth-order valence-corrected chi connectivity index (χ4v) is 3.34. The molecular formula is C21H25FN2O2S. The maximum atomic E-state index is 13.2. The Balaban J connectivity index is 2.11. The van der Waals surface area contributed by atoms with E-state index in [9.17, 15) is 14.0 Å². The van der Waals surface area contributed by atoms with E-state index >= 15 is 0 Å². The molecule has 2 amide bonds. The van der Waals surface area contributed by atoms with Crippen LogP contribution in [0.4, 0.5) is 4.39 Å². The van der Waals surface area contributed by atoms with Gasteiger partial charge in [0.05, 0.1) is 5.75 Å². The molecule has 2 aromatic carbocycles. The van der Waals surface area contributed by atoms with Crippen LogP contribution in [0.1, 0.15) is 25.0 Å². The first kappa shape index (κ1) is 21.0. The molecule has 0 saturated carbocycles. The fourth-order valence-electron chi connectivity index (χ4n) is 2.55. The zero-order valence-corrected chi connectivity index (χ0v) is 16.7. The van der Waals surface area contributed by atoms with Gasteiger partial charge in [-0.25, -0.2) is 4.39 Å². The summed E-state index contributed by atoms with van der Waals surface area (Å²) in [6, 6.07) is 13.3. The minimum atomic E-state index is -0.610. The summed E-state index contributed by atoms with van der Waals surface area (Å²) in [5.41, 5.74) is 1.94. The van der Waals surface area contributed by atoms with Gasteiger partial charge in [-0.2, -0.15) is 0 Å². The van der Waals surface area contributed by atoms with Crippen molar-refractivity contribution < 1.29 is 14.0 Å². The van der Waals surface area contributed by atoms with Gasteiger partial charge in [0, 0.05) is 18.0 Å². The van der Waals surface area contributed by atoms with Crippen molar-refractivity contribution in [2.24, 2.45) is 0 Å². The number of likely N-dealkylation sites (N-methyl/N-ethyl adjacent to an activating group) is 1. The van der Waals surface area contributed by atoms with Crippen molar-refractivity contribution in [1.82, 2.24) is 10.2 Å². The summed E-state index contributed by atoms with van der Waals surface area (Å²) in [4.78, 5) is 27.7. The van der Waals surface area contributed by atoms with E-state index in [4.69, 9.17) is 0 Å². The normalized spacial score (nSPS) is 11.7. The standard InChI is InChI=1S/C21H25FN2O2S/c1-4-23-21(26)16(3)24(13-17-7-9-18(22)10-8-17)20(25)14-27-19-11-5-15(2)6-12-19/h5-12,16H,4,13-14H2,1-3H3,(H,23,26). The third kappa shape index (κ3) is 6.40. The Morgan fingerprint density at radius 2 is 1.74 bits per heavy atom. The summed E-state index contributed by atoms with van der Waals surface area (Å²) in [7, 11) is 0. The minimum Gasteiger partial charge on any atom is -0.355 e. The van der Waals surface area contributed by atoms with Crippen molar-refractivity contribution in [3.8, 4) is 0 Å². The van der Waals surface area contributed by atoms with Crippen molar-refractivity contribution in [2.75, 3.05) is 12.3 Å². The van der Waals surface area contributed by atoms with E-state index in [2.05, 4.69) is 5.32 Å². The van der Waals surface area contributed by atoms with Crippen LogP contribution in [0.15, 0.2) is 53.4 Å². The lowest BCUT2D eigenvalue weighted by Crippen LogP contribution is -2.48. The van der Waals surface area contributed by atoms with E-state index in [1.165, 1.54) is 23.9 Å². The molecule has 0 aliphatic carbocycles. The Morgan fingerprint density at radius 3 is 2.33 bits per heavy atom. The molecule has 0 aliphatic heterocycles. The van der Waals surface area contributed by atoms with E-state index in [1.54, 1.807) is 24.0 Å². The molecule has 1 unspecified atom stereocenters. The van der Waals surface area contributed by atoms with Crippen molar-refractivity contribution in [2.45, 2.75) is 38.3 Å². The van der Waals surface area contributed by atoms with Crippen LogP contribution in [-0.2, 0) is 16.1 Å². The van der Waals surface area contributed by atoms with Crippen molar-refractivity contribution >= 4 is 23.6 Å². The molecule has 0 bridgehead atoms. The number of thioether (sulfide) groups is 1. The lowest BCUT2D eigenvalue weighted by Gasteiger charge is -2.28. The van der Waals surface area contributed by atoms with Gasteiger partial charge >= 0.3 is 0 Å². The van der Waals surface area contributed by atoms with Crippen LogP contribution in [0.3, 0.4) is 0 Å². The van der Waals surface area contributed by atoms with Crippen LogP contribution >= 0.6 is 11.8 Å². The lowest BCUT2D eigenvalue weighted by molar-refractivity contribution is -0.138. The summed E-state index contributed by atoms with van der Waals surface area (Å²) >= 11 is 1.44. The second kappa shape index (κ2) is 10.1. The van der Waals surface area contributed by atoms with E-state index < -0.39 is 6.04 Å². The van der Waals surface area contributed by atoms with E-state index in [1.807, 2.05) is 38.1 Å². The molecule has 144 valence electrons. The van der Waals surface area contributed by atoms with Gasteiger partial charge in [0.25, 0.3) is 0 Å². The average molecular weight is 389 g/mol. The van der Waals surface area contributed by atoms with E-state index in [0.29, 0.717) is 6.54 Å². The maximum Gasteiger partial charge on any atom is 0.242 e. The molecule has 0 spiro atoms. The van der Waals surface area contributed by atoms with Gasteiger partial charge in [-0.3, -0.25) is 9.59 Å². The van der Waals surface area contributed by atoms with E-state index in [-0.39, 0.29) is 29.9 Å². The first-order valence-electron chi connectivity index (χ1n) is 8.91. The van der Waals surface area contributed by atoms with Gasteiger partial charge in [0.2, 0.25) is 11.8 Å². The van der Waals surface area contributed by atoms with Gasteiger partial charge in [0.15, 0.2) is 0 Å². The van der Waals surface area contributed by atoms with Gasteiger partial charge in [-0.05, 0) is 50.6 Å². The molecule has 1 atom stereocenters. The molecule has 0 saturated heterocycles. The molecule has 1 N–H and O–H groups in total. The number of aryl methyl sites for hydroxylation is 1. The SMILES string of the molecule is CCNC(=O)C(C)N(Cc1ccc(F)cc1)C(=O)CSc1ccc(C)cc1. The molecule has 4 nitrogen and oxygen atoms in total. The minimum absolute atomic E-state index is 0.136. The number of rotatable bonds is 8. The van der Waals surface area contributed by atoms with Crippen molar-refractivity contribution in [3.63, 3.8) is 0 Å². The Bertz CT molecular complexity index is 763. The Hall–Kier alpha value is -2.34. The zero-order valence-electron chi connectivity index (χ0n) is 15.9. The van der Waals surface area contributed by atoms with Crippen molar-refractivity contribution in [3.05, 3.63) is 65.5 Å². The van der Waals surface area contributed by atoms with Gasteiger partial charge in [-0.1, -0.05) is 29.8 Å². The third-order valence-electron chi connectivity index (χ3n) is 4.17. The van der Waals surface area contributed by atoms with Crippen molar-refractivity contribution in [1.29, 1.82) is 0 Å². The summed E-state index contributed by atoms with van der Waals surface area (Å²) < 4.78 is 13.2. The number of nitrogens with one attached hydrogen (secondary N) is 1. The predicted octanol–water partition coefficient (Wildman–Crippen LogP) is 3.78. The number of hydrogen-bond donors (Lipinski definition) is 1. The van der Waals surface area contributed by atoms with Crippen LogP contribution in [-0.4, -0.2) is 35.1 Å². The van der Waals surface area contributed by atoms with Crippen LogP contribution in [0.5, 0.6) is 0 Å². The monoisotopic (exact) mass is 388 g/mol. The molecule has 0 fully saturated rings. The maximum absolute atomic E-state index is 13.2. The number of carbonyl (C=O) groups is 2. The Morgan fingerprint density at radius 1 is 1.11 bits per heavy atom. The summed E-state index contributed by atoms with van der Waals surface area (Å²) in [6.07, 6.45) is 0. The molecule has 27 heavy (non-hydrogen) atoms. The molecule has 0 heterocycles. The smallest absolute Gasteiger partial charge is 0.242 e. The Kier molecular flexibility index (Phi) is 7.85. The quantitative estimate of drug-likeness (QED) is 0.700. The molecule has 0 aromatic heterocycles. The second-order valence-electron chi connectivity index (χ2n) is 6.32. The van der Waals surface area contributed by atoms with Crippen LogP contribution in [0.25, 0.3) is 0 Å². The largest absolute Gasteiger partial charge is 0.355 e. The topological polar surface area (TPSA) is 49.4 Å². The molecule has 2 rings (SSSR count). The van der Waals surface area contributed by atoms with Crippen LogP contribution in [0, 0.1) is 12.7 Å². The Labute approximate surface area is 164 Å². The highest BCUT2D eigenvalue weighted by molar-refractivity contribution is 8.00. The number of amides is 2. The second-order valence-corrected chi connectivity index (χ2v) is 7.37. The third-order valence-corrected chi connectivity index (χ3v) is 5.16. The average Bonchev–Trinajstić information content (AvgIpc) is 2.66. The first-order valence-corrected chi connectivity index (χ1v) is 9.90. The number of benzene rings is 2. The highest BCUT2D eigenvalue weighted by Crippen LogP contribution is 2.20. The molecule has 0 radical (unpaired) electrons. The fraction of sp³-hybridized carbons (Fsp3) is 0.333. The van der Waals surface area contributed by atoms with Crippen LogP contribution in [0.2, 0.25) is 0 Å². The molecular weight excluding hydrogens is 363 g/mol. The molecule has 6 heteroatoms. The number of hydrogen-bond acceptors (Lipinski definition) is 3. The summed E-state index contributed by atoms with van der Waals surface area (Å²) in [6.45, 7) is 6.32. The first-order chi connectivity index (χ1) is 12.9. The van der Waals surface area contributed by atoms with Crippen LogP contribution < -0.4 is 5.32 Å². The molecule has 0 aliphatic rings. The number of nitrogens with zero attached hydrogens (tertiary/aromatic N) is 1. The van der Waals surface area contributed by atoms with Gasteiger partial charge in [-0.15, -0.1) is 11.8 Å². The zero-order chi connectivity index (χ0) is 19.8. The van der Waals surface area contributed by atoms with Gasteiger partial charge in [0.1, 0.15) is 11.9 Å². The predicted molar refractivity (Wildman–Crippen MR) is 107 cm³/mol. The highest BCUT2D eigenvalue weighted by Gasteiger charge is 2.25. The summed E-state index contributed by atoms with van der Waals surface area (Å²) in [5, 5.41) is 2.76. The lowest BCUT2D eigenvalue weighted by atomic mass is 10.1. The van der Waals surface area contributed by atoms with Gasteiger partial charge < -0.3 is 10.2 Å².